The number of carbonyl (C=O) groups is 1. The minimum absolute atomic E-state index is 0.125. The molecule has 0 N–H and O–H groups in total. The molecule has 0 aliphatic rings. The molecule has 0 aliphatic heterocycles. The Balaban J connectivity index is 1.88. The third kappa shape index (κ3) is 4.71. The van der Waals surface area contributed by atoms with E-state index in [2.05, 4.69) is 0 Å². The first-order valence-corrected chi connectivity index (χ1v) is 7.46. The van der Waals surface area contributed by atoms with Gasteiger partial charge in [-0.2, -0.15) is 0 Å². The third-order valence-electron chi connectivity index (χ3n) is 3.76. The molecule has 1 unspecified atom stereocenters. The maximum absolute atomic E-state index is 11.3. The lowest BCUT2D eigenvalue weighted by atomic mass is 9.96. The third-order valence-corrected chi connectivity index (χ3v) is 3.76. The number of hydrogen-bond acceptors (Lipinski definition) is 3. The second-order valence-corrected chi connectivity index (χ2v) is 5.35. The highest BCUT2D eigenvalue weighted by molar-refractivity contribution is 5.55. The van der Waals surface area contributed by atoms with Crippen LogP contribution in [0.2, 0.25) is 0 Å². The van der Waals surface area contributed by atoms with Gasteiger partial charge in [0.2, 0.25) is 0 Å². The number of benzene rings is 2. The van der Waals surface area contributed by atoms with E-state index in [4.69, 9.17) is 9.47 Å². The van der Waals surface area contributed by atoms with Gasteiger partial charge in [-0.25, -0.2) is 0 Å². The molecule has 2 rings (SSSR count). The number of hydrogen-bond donors (Lipinski definition) is 0. The monoisotopic (exact) mass is 298 g/mol. The molecule has 0 amide bonds. The molecule has 2 aromatic carbocycles. The number of methoxy groups -OCH3 is 1. The molecular weight excluding hydrogens is 276 g/mol. The second kappa shape index (κ2) is 8.35. The summed E-state index contributed by atoms with van der Waals surface area (Å²) in [7, 11) is 1.64. The van der Waals surface area contributed by atoms with Crippen molar-refractivity contribution in [3.05, 3.63) is 65.7 Å². The summed E-state index contributed by atoms with van der Waals surface area (Å²) in [5.74, 6) is 0.687. The Morgan fingerprint density at radius 1 is 1.00 bits per heavy atom. The van der Waals surface area contributed by atoms with Gasteiger partial charge < -0.3 is 14.3 Å². The van der Waals surface area contributed by atoms with Gasteiger partial charge in [-0.3, -0.25) is 0 Å². The lowest BCUT2D eigenvalue weighted by Crippen LogP contribution is -2.24. The SMILES string of the molecule is COc1ccc(COC(C)[C@@H](C=O)Cc2ccccc2)cc1. The first kappa shape index (κ1) is 16.2. The molecule has 0 aliphatic carbocycles. The van der Waals surface area contributed by atoms with E-state index in [9.17, 15) is 4.79 Å². The van der Waals surface area contributed by atoms with Crippen LogP contribution in [0.1, 0.15) is 18.1 Å². The predicted octanol–water partition coefficient (Wildman–Crippen LogP) is 3.66. The maximum Gasteiger partial charge on any atom is 0.125 e. The fourth-order valence-electron chi connectivity index (χ4n) is 2.28. The predicted molar refractivity (Wildman–Crippen MR) is 86.9 cm³/mol. The zero-order valence-electron chi connectivity index (χ0n) is 13.1. The standard InChI is InChI=1S/C19H22O3/c1-15(18(13-20)12-16-6-4-3-5-7-16)22-14-17-8-10-19(21-2)11-9-17/h3-11,13,15,18H,12,14H2,1-2H3/t15?,18-/m1/s1. The van der Waals surface area contributed by atoms with E-state index in [0.717, 1.165) is 23.2 Å². The largest absolute Gasteiger partial charge is 0.497 e. The topological polar surface area (TPSA) is 35.5 Å². The van der Waals surface area contributed by atoms with Crippen molar-refractivity contribution in [2.24, 2.45) is 5.92 Å². The van der Waals surface area contributed by atoms with E-state index in [1.165, 1.54) is 0 Å². The fourth-order valence-corrected chi connectivity index (χ4v) is 2.28. The van der Waals surface area contributed by atoms with Gasteiger partial charge in [0.1, 0.15) is 12.0 Å². The van der Waals surface area contributed by atoms with Crippen LogP contribution in [0.5, 0.6) is 5.75 Å². The van der Waals surface area contributed by atoms with Gasteiger partial charge in [0, 0.05) is 5.92 Å². The molecule has 116 valence electrons. The van der Waals surface area contributed by atoms with Crippen molar-refractivity contribution < 1.29 is 14.3 Å². The van der Waals surface area contributed by atoms with E-state index in [1.54, 1.807) is 7.11 Å². The molecule has 0 heterocycles. The van der Waals surface area contributed by atoms with Crippen LogP contribution < -0.4 is 4.74 Å². The van der Waals surface area contributed by atoms with E-state index < -0.39 is 0 Å². The maximum atomic E-state index is 11.3. The number of rotatable bonds is 8. The van der Waals surface area contributed by atoms with Gasteiger partial charge in [-0.1, -0.05) is 42.5 Å². The Morgan fingerprint density at radius 2 is 1.68 bits per heavy atom. The van der Waals surface area contributed by atoms with Crippen molar-refractivity contribution in [1.82, 2.24) is 0 Å². The van der Waals surface area contributed by atoms with Crippen LogP contribution >= 0.6 is 0 Å². The first-order valence-electron chi connectivity index (χ1n) is 7.46. The highest BCUT2D eigenvalue weighted by Gasteiger charge is 2.17. The molecule has 3 heteroatoms. The van der Waals surface area contributed by atoms with Gasteiger partial charge in [-0.15, -0.1) is 0 Å². The van der Waals surface area contributed by atoms with E-state index in [0.29, 0.717) is 13.0 Å². The number of aldehydes is 1. The van der Waals surface area contributed by atoms with Crippen molar-refractivity contribution in [2.75, 3.05) is 7.11 Å². The molecule has 0 spiro atoms. The molecular formula is C19H22O3. The second-order valence-electron chi connectivity index (χ2n) is 5.35. The molecule has 0 bridgehead atoms. The van der Waals surface area contributed by atoms with Crippen LogP contribution in [0.4, 0.5) is 0 Å². The summed E-state index contributed by atoms with van der Waals surface area (Å²) in [4.78, 5) is 11.3. The zero-order valence-corrected chi connectivity index (χ0v) is 13.1. The van der Waals surface area contributed by atoms with E-state index in [-0.39, 0.29) is 12.0 Å². The number of carbonyl (C=O) groups excluding carboxylic acids is 1. The van der Waals surface area contributed by atoms with Crippen LogP contribution in [0, 0.1) is 5.92 Å². The summed E-state index contributed by atoms with van der Waals surface area (Å²) < 4.78 is 11.0. The van der Waals surface area contributed by atoms with Crippen molar-refractivity contribution in [1.29, 1.82) is 0 Å². The van der Waals surface area contributed by atoms with Gasteiger partial charge in [0.05, 0.1) is 19.8 Å². The van der Waals surface area contributed by atoms with Crippen molar-refractivity contribution in [2.45, 2.75) is 26.1 Å². The lowest BCUT2D eigenvalue weighted by Gasteiger charge is -2.19. The highest BCUT2D eigenvalue weighted by Crippen LogP contribution is 2.16. The minimum atomic E-state index is -0.138. The summed E-state index contributed by atoms with van der Waals surface area (Å²) >= 11 is 0. The fraction of sp³-hybridized carbons (Fsp3) is 0.316. The van der Waals surface area contributed by atoms with Gasteiger partial charge >= 0.3 is 0 Å². The van der Waals surface area contributed by atoms with Crippen molar-refractivity contribution in [3.8, 4) is 5.75 Å². The highest BCUT2D eigenvalue weighted by atomic mass is 16.5. The van der Waals surface area contributed by atoms with E-state index >= 15 is 0 Å². The Bertz CT molecular complexity index is 563. The molecule has 0 saturated carbocycles. The van der Waals surface area contributed by atoms with Crippen LogP contribution in [-0.4, -0.2) is 19.5 Å². The molecule has 0 radical (unpaired) electrons. The molecule has 2 atom stereocenters. The lowest BCUT2D eigenvalue weighted by molar-refractivity contribution is -0.115. The Morgan fingerprint density at radius 3 is 2.27 bits per heavy atom. The minimum Gasteiger partial charge on any atom is -0.497 e. The van der Waals surface area contributed by atoms with Gasteiger partial charge in [0.25, 0.3) is 0 Å². The van der Waals surface area contributed by atoms with Gasteiger partial charge in [-0.05, 0) is 36.6 Å². The Hall–Kier alpha value is -2.13. The van der Waals surface area contributed by atoms with Crippen LogP contribution in [-0.2, 0) is 22.6 Å². The summed E-state index contributed by atoms with van der Waals surface area (Å²) in [6, 6.07) is 17.8. The zero-order chi connectivity index (χ0) is 15.8. The van der Waals surface area contributed by atoms with Crippen molar-refractivity contribution in [3.63, 3.8) is 0 Å². The summed E-state index contributed by atoms with van der Waals surface area (Å²) in [6.45, 7) is 2.44. The van der Waals surface area contributed by atoms with E-state index in [1.807, 2.05) is 61.5 Å². The molecule has 0 aromatic heterocycles. The average Bonchev–Trinajstić information content (AvgIpc) is 2.59. The van der Waals surface area contributed by atoms with Crippen LogP contribution in [0.15, 0.2) is 54.6 Å². The quantitative estimate of drug-likeness (QED) is 0.698. The summed E-state index contributed by atoms with van der Waals surface area (Å²) in [5.41, 5.74) is 2.22. The Labute approximate surface area is 131 Å². The van der Waals surface area contributed by atoms with Crippen molar-refractivity contribution >= 4 is 6.29 Å². The molecule has 3 nitrogen and oxygen atoms in total. The average molecular weight is 298 g/mol. The summed E-state index contributed by atoms with van der Waals surface area (Å²) in [5, 5.41) is 0. The van der Waals surface area contributed by atoms with Crippen LogP contribution in [0.25, 0.3) is 0 Å². The van der Waals surface area contributed by atoms with Crippen LogP contribution in [0.3, 0.4) is 0 Å². The normalized spacial score (nSPS) is 13.4. The molecule has 0 saturated heterocycles. The Kier molecular flexibility index (Phi) is 6.16. The molecule has 22 heavy (non-hydrogen) atoms. The summed E-state index contributed by atoms with van der Waals surface area (Å²) in [6.07, 6.45) is 1.57. The number of ether oxygens (including phenoxy) is 2. The van der Waals surface area contributed by atoms with Gasteiger partial charge in [0.15, 0.2) is 0 Å². The first-order chi connectivity index (χ1) is 10.7. The molecule has 2 aromatic rings. The smallest absolute Gasteiger partial charge is 0.125 e. The molecule has 0 fully saturated rings.